The van der Waals surface area contributed by atoms with Crippen molar-refractivity contribution in [3.05, 3.63) is 0 Å². The highest BCUT2D eigenvalue weighted by Crippen LogP contribution is 2.18. The molecule has 0 aliphatic carbocycles. The topological polar surface area (TPSA) is 95.9 Å². The maximum atomic E-state index is 12.5. The summed E-state index contributed by atoms with van der Waals surface area (Å²) in [6.45, 7) is 4.96. The Morgan fingerprint density at radius 1 is 0.369 bits per heavy atom. The number of amides is 1. The monoisotopic (exact) mass is 920 g/mol. The number of carbonyl (C=O) groups is 2. The van der Waals surface area contributed by atoms with Gasteiger partial charge in [0.25, 0.3) is 0 Å². The fourth-order valence-corrected chi connectivity index (χ4v) is 9.58. The second-order valence-electron chi connectivity index (χ2n) is 20.7. The first-order chi connectivity index (χ1) is 32.0. The number of ether oxygens (including phenoxy) is 1. The molecule has 0 spiro atoms. The van der Waals surface area contributed by atoms with Crippen molar-refractivity contribution in [3.63, 3.8) is 0 Å². The van der Waals surface area contributed by atoms with Crippen LogP contribution in [-0.4, -0.2) is 47.4 Å². The maximum absolute atomic E-state index is 12.5. The Hall–Kier alpha value is -1.14. The number of aliphatic hydroxyl groups excluding tert-OH is 2. The van der Waals surface area contributed by atoms with Gasteiger partial charge < -0.3 is 20.3 Å². The highest BCUT2D eigenvalue weighted by atomic mass is 16.5. The van der Waals surface area contributed by atoms with Gasteiger partial charge in [-0.1, -0.05) is 303 Å². The molecule has 6 heteroatoms. The molecule has 0 aliphatic rings. The van der Waals surface area contributed by atoms with E-state index < -0.39 is 12.1 Å². The summed E-state index contributed by atoms with van der Waals surface area (Å²) in [5.41, 5.74) is 0. The number of nitrogens with one attached hydrogen (secondary N) is 1. The lowest BCUT2D eigenvalue weighted by Gasteiger charge is -2.22. The maximum Gasteiger partial charge on any atom is 0.305 e. The van der Waals surface area contributed by atoms with Gasteiger partial charge in [-0.15, -0.1) is 0 Å². The van der Waals surface area contributed by atoms with Crippen LogP contribution in [0.4, 0.5) is 0 Å². The van der Waals surface area contributed by atoms with Crippen molar-refractivity contribution in [2.45, 2.75) is 353 Å². The first-order valence-electron chi connectivity index (χ1n) is 29.8. The Morgan fingerprint density at radius 2 is 0.631 bits per heavy atom. The molecule has 0 rings (SSSR count). The third-order valence-electron chi connectivity index (χ3n) is 14.2. The number of carbonyl (C=O) groups excluding carboxylic acids is 2. The average Bonchev–Trinajstić information content (AvgIpc) is 3.31. The fourth-order valence-electron chi connectivity index (χ4n) is 9.58. The predicted octanol–water partition coefficient (Wildman–Crippen LogP) is 18.3. The fraction of sp³-hybridized carbons (Fsp3) is 0.966. The quantitative estimate of drug-likeness (QED) is 0.0417. The Kier molecular flexibility index (Phi) is 54.5. The Morgan fingerprint density at radius 3 is 0.938 bits per heavy atom. The summed E-state index contributed by atoms with van der Waals surface area (Å²) in [6.07, 6.45) is 63.8. The van der Waals surface area contributed by atoms with E-state index in [0.717, 1.165) is 57.8 Å². The lowest BCUT2D eigenvalue weighted by molar-refractivity contribution is -0.143. The van der Waals surface area contributed by atoms with E-state index in [4.69, 9.17) is 4.74 Å². The summed E-state index contributed by atoms with van der Waals surface area (Å²) < 4.78 is 5.49. The van der Waals surface area contributed by atoms with Gasteiger partial charge in [0.05, 0.1) is 25.4 Å². The average molecular weight is 921 g/mol. The van der Waals surface area contributed by atoms with E-state index >= 15 is 0 Å². The van der Waals surface area contributed by atoms with E-state index in [1.54, 1.807) is 0 Å². The van der Waals surface area contributed by atoms with Crippen LogP contribution < -0.4 is 5.32 Å². The van der Waals surface area contributed by atoms with Gasteiger partial charge in [0, 0.05) is 12.8 Å². The number of aliphatic hydroxyl groups is 2. The molecular weight excluding hydrogens is 803 g/mol. The van der Waals surface area contributed by atoms with Gasteiger partial charge in [0.2, 0.25) is 5.91 Å². The number of hydrogen-bond donors (Lipinski definition) is 3. The van der Waals surface area contributed by atoms with Gasteiger partial charge in [-0.3, -0.25) is 9.59 Å². The van der Waals surface area contributed by atoms with Crippen LogP contribution in [0.15, 0.2) is 0 Å². The number of hydrogen-bond acceptors (Lipinski definition) is 5. The van der Waals surface area contributed by atoms with Crippen LogP contribution in [0.5, 0.6) is 0 Å². The standard InChI is InChI=1S/C59H117NO5/c1-3-5-7-9-11-13-15-17-19-21-22-24-26-28-33-37-41-45-49-53-59(64)65-54-50-46-42-38-34-30-29-32-36-40-44-48-52-58(63)60-56(55-61)57(62)51-47-43-39-35-31-27-25-23-20-18-16-14-12-10-8-6-4-2/h56-57,61-62H,3-55H2,1-2H3,(H,60,63). The minimum atomic E-state index is -0.673. The molecule has 388 valence electrons. The lowest BCUT2D eigenvalue weighted by atomic mass is 10.0. The molecule has 0 aromatic heterocycles. The molecule has 0 bridgehead atoms. The van der Waals surface area contributed by atoms with Crippen LogP contribution in [0.2, 0.25) is 0 Å². The van der Waals surface area contributed by atoms with Crippen molar-refractivity contribution < 1.29 is 24.5 Å². The summed E-state index contributed by atoms with van der Waals surface area (Å²) in [6, 6.07) is -0.552. The first kappa shape index (κ1) is 63.9. The molecule has 0 heterocycles. The van der Waals surface area contributed by atoms with Gasteiger partial charge >= 0.3 is 5.97 Å². The van der Waals surface area contributed by atoms with Crippen molar-refractivity contribution in [1.82, 2.24) is 5.32 Å². The lowest BCUT2D eigenvalue weighted by Crippen LogP contribution is -2.45. The van der Waals surface area contributed by atoms with Gasteiger partial charge in [0.15, 0.2) is 0 Å². The van der Waals surface area contributed by atoms with Crippen LogP contribution >= 0.6 is 0 Å². The molecule has 2 unspecified atom stereocenters. The van der Waals surface area contributed by atoms with E-state index in [0.29, 0.717) is 25.9 Å². The normalized spacial score (nSPS) is 12.5. The molecule has 2 atom stereocenters. The molecule has 3 N–H and O–H groups in total. The van der Waals surface area contributed by atoms with Crippen LogP contribution in [0.1, 0.15) is 341 Å². The second kappa shape index (κ2) is 55.5. The summed E-state index contributed by atoms with van der Waals surface area (Å²) in [7, 11) is 0. The van der Waals surface area contributed by atoms with E-state index in [1.807, 2.05) is 0 Å². The van der Waals surface area contributed by atoms with Crippen LogP contribution in [0.25, 0.3) is 0 Å². The molecule has 0 aromatic carbocycles. The molecule has 6 nitrogen and oxygen atoms in total. The van der Waals surface area contributed by atoms with Crippen molar-refractivity contribution >= 4 is 11.9 Å². The number of rotatable bonds is 56. The molecular formula is C59H117NO5. The van der Waals surface area contributed by atoms with Crippen molar-refractivity contribution in [2.24, 2.45) is 0 Å². The summed E-state index contributed by atoms with van der Waals surface area (Å²) >= 11 is 0. The van der Waals surface area contributed by atoms with Gasteiger partial charge in [0.1, 0.15) is 0 Å². The Labute approximate surface area is 406 Å². The zero-order valence-corrected chi connectivity index (χ0v) is 44.3. The third kappa shape index (κ3) is 52.1. The number of unbranched alkanes of at least 4 members (excludes halogenated alkanes) is 45. The minimum absolute atomic E-state index is 0.00316. The van der Waals surface area contributed by atoms with Gasteiger partial charge in [-0.2, -0.15) is 0 Å². The van der Waals surface area contributed by atoms with Crippen LogP contribution in [0, 0.1) is 0 Å². The summed E-state index contributed by atoms with van der Waals surface area (Å²) in [4.78, 5) is 24.6. The van der Waals surface area contributed by atoms with Gasteiger partial charge in [-0.25, -0.2) is 0 Å². The van der Waals surface area contributed by atoms with Crippen LogP contribution in [-0.2, 0) is 14.3 Å². The summed E-state index contributed by atoms with van der Waals surface area (Å²) in [5.74, 6) is -0.0497. The molecule has 0 aromatic rings. The highest BCUT2D eigenvalue weighted by molar-refractivity contribution is 5.76. The minimum Gasteiger partial charge on any atom is -0.466 e. The highest BCUT2D eigenvalue weighted by Gasteiger charge is 2.20. The van der Waals surface area contributed by atoms with E-state index in [2.05, 4.69) is 19.2 Å². The van der Waals surface area contributed by atoms with Crippen LogP contribution in [0.3, 0.4) is 0 Å². The molecule has 0 fully saturated rings. The number of esters is 1. The van der Waals surface area contributed by atoms with E-state index in [-0.39, 0.29) is 18.5 Å². The van der Waals surface area contributed by atoms with Crippen molar-refractivity contribution in [2.75, 3.05) is 13.2 Å². The van der Waals surface area contributed by atoms with Crippen molar-refractivity contribution in [3.8, 4) is 0 Å². The zero-order valence-electron chi connectivity index (χ0n) is 44.3. The smallest absolute Gasteiger partial charge is 0.305 e. The largest absolute Gasteiger partial charge is 0.466 e. The molecule has 0 saturated heterocycles. The molecule has 0 saturated carbocycles. The predicted molar refractivity (Wildman–Crippen MR) is 283 cm³/mol. The Bertz CT molecular complexity index is 928. The SMILES string of the molecule is CCCCCCCCCCCCCCCCCCCCCC(=O)OCCCCCCCCCCCCCCC(=O)NC(CO)C(O)CCCCCCCCCCCCCCCCCCC. The summed E-state index contributed by atoms with van der Waals surface area (Å²) in [5, 5.41) is 23.3. The van der Waals surface area contributed by atoms with Gasteiger partial charge in [-0.05, 0) is 25.7 Å². The molecule has 0 aliphatic heterocycles. The Balaban J connectivity index is 3.41. The second-order valence-corrected chi connectivity index (χ2v) is 20.7. The van der Waals surface area contributed by atoms with E-state index in [9.17, 15) is 19.8 Å². The molecule has 0 radical (unpaired) electrons. The third-order valence-corrected chi connectivity index (χ3v) is 14.2. The molecule has 65 heavy (non-hydrogen) atoms. The molecule has 1 amide bonds. The van der Waals surface area contributed by atoms with E-state index in [1.165, 1.54) is 250 Å². The zero-order chi connectivity index (χ0) is 47.2. The first-order valence-corrected chi connectivity index (χ1v) is 29.8. The van der Waals surface area contributed by atoms with Crippen molar-refractivity contribution in [1.29, 1.82) is 0 Å².